The van der Waals surface area contributed by atoms with Gasteiger partial charge in [-0.3, -0.25) is 14.5 Å². The van der Waals surface area contributed by atoms with Crippen molar-refractivity contribution in [3.05, 3.63) is 0 Å². The summed E-state index contributed by atoms with van der Waals surface area (Å²) < 4.78 is 22.9. The highest BCUT2D eigenvalue weighted by atomic mass is 32.2. The van der Waals surface area contributed by atoms with Crippen LogP contribution in [0.15, 0.2) is 0 Å². The Morgan fingerprint density at radius 3 is 2.37 bits per heavy atom. The van der Waals surface area contributed by atoms with Gasteiger partial charge in [0.25, 0.3) is 0 Å². The zero-order chi connectivity index (χ0) is 14.0. The molecule has 0 aliphatic carbocycles. The Kier molecular flexibility index (Phi) is 4.10. The normalized spacial score (nSPS) is 25.3. The predicted octanol–water partition coefficient (Wildman–Crippen LogP) is -1.21. The largest absolute Gasteiger partial charge is 0.480 e. The smallest absolute Gasteiger partial charge is 0.317 e. The van der Waals surface area contributed by atoms with Gasteiger partial charge in [-0.1, -0.05) is 0 Å². The van der Waals surface area contributed by atoms with Crippen molar-refractivity contribution in [3.63, 3.8) is 0 Å². The zero-order valence-corrected chi connectivity index (χ0v) is 11.4. The van der Waals surface area contributed by atoms with E-state index in [1.165, 1.54) is 4.90 Å². The van der Waals surface area contributed by atoms with Crippen LogP contribution in [-0.2, 0) is 19.4 Å². The van der Waals surface area contributed by atoms with Crippen LogP contribution in [0.3, 0.4) is 0 Å². The quantitative estimate of drug-likeness (QED) is 0.683. The summed E-state index contributed by atoms with van der Waals surface area (Å²) in [5.41, 5.74) is 0. The first-order chi connectivity index (χ1) is 8.87. The average Bonchev–Trinajstić information content (AvgIpc) is 2.54. The number of amides is 1. The fourth-order valence-electron chi connectivity index (χ4n) is 2.39. The van der Waals surface area contributed by atoms with Crippen molar-refractivity contribution in [2.24, 2.45) is 0 Å². The van der Waals surface area contributed by atoms with Crippen molar-refractivity contribution in [2.45, 2.75) is 18.9 Å². The molecule has 19 heavy (non-hydrogen) atoms. The zero-order valence-electron chi connectivity index (χ0n) is 10.6. The third-order valence-electron chi connectivity index (χ3n) is 3.61. The van der Waals surface area contributed by atoms with Crippen LogP contribution >= 0.6 is 0 Å². The summed E-state index contributed by atoms with van der Waals surface area (Å²) in [4.78, 5) is 25.9. The summed E-state index contributed by atoms with van der Waals surface area (Å²) in [7, 11) is -3.08. The highest BCUT2D eigenvalue weighted by Gasteiger charge is 2.35. The summed E-state index contributed by atoms with van der Waals surface area (Å²) in [6, 6.07) is -0.355. The minimum atomic E-state index is -3.08. The number of carbonyl (C=O) groups excluding carboxylic acids is 1. The van der Waals surface area contributed by atoms with Gasteiger partial charge in [-0.25, -0.2) is 8.42 Å². The van der Waals surface area contributed by atoms with Gasteiger partial charge in [0, 0.05) is 19.1 Å². The molecule has 0 saturated carbocycles. The number of aliphatic carboxylic acids is 1. The third-order valence-corrected chi connectivity index (χ3v) is 5.36. The summed E-state index contributed by atoms with van der Waals surface area (Å²) in [5.74, 6) is -1.13. The second kappa shape index (κ2) is 5.46. The first-order valence-electron chi connectivity index (χ1n) is 6.31. The molecule has 2 aliphatic heterocycles. The van der Waals surface area contributed by atoms with Crippen LogP contribution in [0.25, 0.3) is 0 Å². The fraction of sp³-hybridized carbons (Fsp3) is 0.818. The summed E-state index contributed by atoms with van der Waals surface area (Å²) in [6.45, 7) is 1.12. The molecule has 1 unspecified atom stereocenters. The molecule has 2 fully saturated rings. The fourth-order valence-corrected chi connectivity index (χ4v) is 4.15. The molecular weight excluding hydrogens is 272 g/mol. The number of hydrogen-bond acceptors (Lipinski definition) is 5. The molecule has 0 spiro atoms. The van der Waals surface area contributed by atoms with Crippen LogP contribution in [0.4, 0.5) is 0 Å². The van der Waals surface area contributed by atoms with E-state index < -0.39 is 15.8 Å². The van der Waals surface area contributed by atoms with E-state index >= 15 is 0 Å². The third kappa shape index (κ3) is 3.66. The van der Waals surface area contributed by atoms with Crippen LogP contribution in [0, 0.1) is 0 Å². The molecule has 7 nitrogen and oxygen atoms in total. The van der Waals surface area contributed by atoms with E-state index in [-0.39, 0.29) is 36.5 Å². The molecule has 0 aromatic carbocycles. The number of carboxylic acid groups (broad SMARTS) is 1. The first kappa shape index (κ1) is 14.3. The van der Waals surface area contributed by atoms with Gasteiger partial charge in [0.2, 0.25) is 5.91 Å². The van der Waals surface area contributed by atoms with Gasteiger partial charge in [-0.15, -0.1) is 0 Å². The average molecular weight is 290 g/mol. The van der Waals surface area contributed by atoms with Crippen molar-refractivity contribution < 1.29 is 23.1 Å². The molecular formula is C11H18N2O5S. The maximum atomic E-state index is 11.9. The van der Waals surface area contributed by atoms with Crippen molar-refractivity contribution in [1.82, 2.24) is 9.80 Å². The van der Waals surface area contributed by atoms with Crippen molar-refractivity contribution in [2.75, 3.05) is 37.7 Å². The molecule has 0 radical (unpaired) electrons. The lowest BCUT2D eigenvalue weighted by atomic mass is 10.2. The monoisotopic (exact) mass is 290 g/mol. The van der Waals surface area contributed by atoms with Crippen LogP contribution in [0.1, 0.15) is 12.8 Å². The minimum Gasteiger partial charge on any atom is -0.480 e. The molecule has 108 valence electrons. The lowest BCUT2D eigenvalue weighted by Gasteiger charge is -2.34. The Morgan fingerprint density at radius 2 is 1.95 bits per heavy atom. The summed E-state index contributed by atoms with van der Waals surface area (Å²) in [5, 5.41) is 8.88. The van der Waals surface area contributed by atoms with Crippen molar-refractivity contribution in [1.29, 1.82) is 0 Å². The second-order valence-electron chi connectivity index (χ2n) is 5.09. The highest BCUT2D eigenvalue weighted by molar-refractivity contribution is 7.91. The number of rotatable bonds is 5. The van der Waals surface area contributed by atoms with E-state index in [1.54, 1.807) is 4.90 Å². The topological polar surface area (TPSA) is 95.0 Å². The van der Waals surface area contributed by atoms with E-state index in [2.05, 4.69) is 0 Å². The predicted molar refractivity (Wildman–Crippen MR) is 67.5 cm³/mol. The molecule has 0 bridgehead atoms. The molecule has 2 saturated heterocycles. The SMILES string of the molecule is O=C(O)CN(CC(=O)N1CCC1)C1CCS(=O)(=O)C1. The number of carbonyl (C=O) groups is 2. The molecule has 0 aromatic heterocycles. The maximum absolute atomic E-state index is 11.9. The Morgan fingerprint density at radius 1 is 1.26 bits per heavy atom. The molecule has 1 amide bonds. The van der Waals surface area contributed by atoms with E-state index in [4.69, 9.17) is 5.11 Å². The Labute approximate surface area is 112 Å². The Bertz CT molecular complexity index is 471. The number of carboxylic acids is 1. The number of hydrogen-bond donors (Lipinski definition) is 1. The standard InChI is InChI=1S/C11H18N2O5S/c14-10(12-3-1-4-12)6-13(7-11(15)16)9-2-5-19(17,18)8-9/h9H,1-8H2,(H,15,16). The minimum absolute atomic E-state index is 0.00745. The highest BCUT2D eigenvalue weighted by Crippen LogP contribution is 2.18. The molecule has 2 heterocycles. The van der Waals surface area contributed by atoms with Gasteiger partial charge >= 0.3 is 5.97 Å². The second-order valence-corrected chi connectivity index (χ2v) is 7.32. The van der Waals surface area contributed by atoms with Crippen molar-refractivity contribution in [3.8, 4) is 0 Å². The van der Waals surface area contributed by atoms with Crippen LogP contribution in [0.2, 0.25) is 0 Å². The van der Waals surface area contributed by atoms with Crippen molar-refractivity contribution >= 4 is 21.7 Å². The summed E-state index contributed by atoms with van der Waals surface area (Å²) in [6.07, 6.45) is 1.38. The van der Waals surface area contributed by atoms with Gasteiger partial charge in [0.15, 0.2) is 9.84 Å². The number of sulfone groups is 1. The van der Waals surface area contributed by atoms with Gasteiger partial charge < -0.3 is 10.0 Å². The molecule has 2 rings (SSSR count). The molecule has 8 heteroatoms. The molecule has 1 N–H and O–H groups in total. The maximum Gasteiger partial charge on any atom is 0.317 e. The van der Waals surface area contributed by atoms with E-state index in [1.807, 2.05) is 0 Å². The van der Waals surface area contributed by atoms with E-state index in [9.17, 15) is 18.0 Å². The van der Waals surface area contributed by atoms with Gasteiger partial charge in [0.05, 0.1) is 24.6 Å². The van der Waals surface area contributed by atoms with Crippen LogP contribution in [0.5, 0.6) is 0 Å². The van der Waals surface area contributed by atoms with E-state index in [0.717, 1.165) is 6.42 Å². The number of likely N-dealkylation sites (tertiary alicyclic amines) is 1. The van der Waals surface area contributed by atoms with Gasteiger partial charge in [-0.05, 0) is 12.8 Å². The molecule has 0 aromatic rings. The van der Waals surface area contributed by atoms with Gasteiger partial charge in [-0.2, -0.15) is 0 Å². The molecule has 2 aliphatic rings. The molecule has 1 atom stereocenters. The first-order valence-corrected chi connectivity index (χ1v) is 8.13. The Hall–Kier alpha value is -1.15. The van der Waals surface area contributed by atoms with Crippen LogP contribution in [-0.4, -0.2) is 78.9 Å². The number of nitrogens with zero attached hydrogens (tertiary/aromatic N) is 2. The Balaban J connectivity index is 1.99. The summed E-state index contributed by atoms with van der Waals surface area (Å²) >= 11 is 0. The van der Waals surface area contributed by atoms with E-state index in [0.29, 0.717) is 19.5 Å². The van der Waals surface area contributed by atoms with Gasteiger partial charge in [0.1, 0.15) is 0 Å². The lowest BCUT2D eigenvalue weighted by Crippen LogP contribution is -2.50. The lowest BCUT2D eigenvalue weighted by molar-refractivity contribution is -0.141. The van der Waals surface area contributed by atoms with Crippen LogP contribution < -0.4 is 0 Å².